The van der Waals surface area contributed by atoms with E-state index in [0.717, 1.165) is 15.6 Å². The molecular formula is C15H13BrN2O2S. The molecule has 21 heavy (non-hydrogen) atoms. The van der Waals surface area contributed by atoms with E-state index in [1.54, 1.807) is 29.3 Å². The number of methoxy groups -OCH3 is 1. The van der Waals surface area contributed by atoms with Crippen LogP contribution in [0.15, 0.2) is 40.3 Å². The van der Waals surface area contributed by atoms with Gasteiger partial charge in [-0.1, -0.05) is 18.2 Å². The van der Waals surface area contributed by atoms with Crippen LogP contribution in [0.25, 0.3) is 10.1 Å². The molecule has 1 aromatic carbocycles. The number of carbonyl (C=O) groups is 1. The van der Waals surface area contributed by atoms with Gasteiger partial charge in [0.05, 0.1) is 23.8 Å². The van der Waals surface area contributed by atoms with Crippen molar-refractivity contribution in [2.45, 2.75) is 6.54 Å². The van der Waals surface area contributed by atoms with Gasteiger partial charge in [0.2, 0.25) is 5.78 Å². The zero-order valence-electron chi connectivity index (χ0n) is 11.4. The minimum absolute atomic E-state index is 0.0204. The summed E-state index contributed by atoms with van der Waals surface area (Å²) in [6, 6.07) is 7.92. The second-order valence-corrected chi connectivity index (χ2v) is 6.30. The van der Waals surface area contributed by atoms with Crippen molar-refractivity contribution in [1.82, 2.24) is 9.78 Å². The average Bonchev–Trinajstić information content (AvgIpc) is 3.08. The molecule has 0 N–H and O–H groups in total. The third-order valence-electron chi connectivity index (χ3n) is 3.24. The largest absolute Gasteiger partial charge is 0.383 e. The summed E-state index contributed by atoms with van der Waals surface area (Å²) in [5.41, 5.74) is 1.28. The Balaban J connectivity index is 2.04. The van der Waals surface area contributed by atoms with Crippen molar-refractivity contribution in [2.24, 2.45) is 0 Å². The summed E-state index contributed by atoms with van der Waals surface area (Å²) in [7, 11) is 1.63. The molecule has 2 aromatic heterocycles. The maximum absolute atomic E-state index is 12.9. The monoisotopic (exact) mass is 364 g/mol. The van der Waals surface area contributed by atoms with Crippen LogP contribution in [0.3, 0.4) is 0 Å². The first-order valence-corrected chi connectivity index (χ1v) is 8.11. The van der Waals surface area contributed by atoms with Crippen molar-refractivity contribution < 1.29 is 9.53 Å². The Morgan fingerprint density at radius 1 is 1.43 bits per heavy atom. The summed E-state index contributed by atoms with van der Waals surface area (Å²) in [5.74, 6) is -0.0204. The van der Waals surface area contributed by atoms with E-state index in [9.17, 15) is 4.79 Å². The number of fused-ring (bicyclic) bond motifs is 1. The summed E-state index contributed by atoms with van der Waals surface area (Å²) >= 11 is 5.00. The van der Waals surface area contributed by atoms with Gasteiger partial charge in [0.15, 0.2) is 0 Å². The fraction of sp³-hybridized carbons (Fsp3) is 0.200. The van der Waals surface area contributed by atoms with Crippen LogP contribution in [0.4, 0.5) is 0 Å². The first-order chi connectivity index (χ1) is 10.2. The van der Waals surface area contributed by atoms with Gasteiger partial charge in [0.25, 0.3) is 0 Å². The molecule has 0 radical (unpaired) electrons. The minimum atomic E-state index is -0.0204. The molecule has 0 fully saturated rings. The number of ketones is 1. The normalized spacial score (nSPS) is 11.1. The molecule has 3 aromatic rings. The molecule has 6 heteroatoms. The highest BCUT2D eigenvalue weighted by Gasteiger charge is 2.21. The fourth-order valence-electron chi connectivity index (χ4n) is 2.22. The predicted molar refractivity (Wildman–Crippen MR) is 87.1 cm³/mol. The Hall–Kier alpha value is -1.50. The number of benzene rings is 1. The standard InChI is InChI=1S/C15H13BrN2O2S/c1-20-7-6-18-14(12(16)8-17-18)15(19)11-9-21-13-5-3-2-4-10(11)13/h2-5,8-9H,6-7H2,1H3. The van der Waals surface area contributed by atoms with Gasteiger partial charge in [-0.25, -0.2) is 0 Å². The quantitative estimate of drug-likeness (QED) is 0.647. The van der Waals surface area contributed by atoms with E-state index in [4.69, 9.17) is 4.74 Å². The molecule has 0 bridgehead atoms. The highest BCUT2D eigenvalue weighted by atomic mass is 79.9. The van der Waals surface area contributed by atoms with Gasteiger partial charge in [-0.3, -0.25) is 9.48 Å². The van der Waals surface area contributed by atoms with Crippen LogP contribution in [-0.2, 0) is 11.3 Å². The van der Waals surface area contributed by atoms with Crippen LogP contribution in [0, 0.1) is 0 Å². The van der Waals surface area contributed by atoms with Crippen LogP contribution in [0.5, 0.6) is 0 Å². The number of hydrogen-bond donors (Lipinski definition) is 0. The Morgan fingerprint density at radius 2 is 2.24 bits per heavy atom. The number of ether oxygens (including phenoxy) is 1. The summed E-state index contributed by atoms with van der Waals surface area (Å²) < 4.78 is 8.57. The number of thiophene rings is 1. The zero-order chi connectivity index (χ0) is 14.8. The Bertz CT molecular complexity index is 794. The molecule has 4 nitrogen and oxygen atoms in total. The van der Waals surface area contributed by atoms with Crippen LogP contribution < -0.4 is 0 Å². The molecule has 0 saturated heterocycles. The highest BCUT2D eigenvalue weighted by molar-refractivity contribution is 9.10. The lowest BCUT2D eigenvalue weighted by Crippen LogP contribution is -2.14. The SMILES string of the molecule is COCCn1ncc(Br)c1C(=O)c1csc2ccccc12. The van der Waals surface area contributed by atoms with Gasteiger partial charge in [-0.05, 0) is 22.0 Å². The van der Waals surface area contributed by atoms with Gasteiger partial charge in [0, 0.05) is 28.1 Å². The van der Waals surface area contributed by atoms with Crippen LogP contribution in [-0.4, -0.2) is 29.3 Å². The smallest absolute Gasteiger partial charge is 0.213 e. The molecule has 0 aliphatic carbocycles. The number of aromatic nitrogens is 2. The van der Waals surface area contributed by atoms with Crippen LogP contribution in [0.2, 0.25) is 0 Å². The molecule has 0 atom stereocenters. The molecule has 0 spiro atoms. The molecule has 0 unspecified atom stereocenters. The third kappa shape index (κ3) is 2.66. The first kappa shape index (κ1) is 14.4. The molecular weight excluding hydrogens is 352 g/mol. The van der Waals surface area contributed by atoms with Crippen molar-refractivity contribution in [3.63, 3.8) is 0 Å². The maximum Gasteiger partial charge on any atom is 0.213 e. The van der Waals surface area contributed by atoms with Crippen molar-refractivity contribution >= 4 is 43.1 Å². The average molecular weight is 365 g/mol. The van der Waals surface area contributed by atoms with E-state index in [-0.39, 0.29) is 5.78 Å². The lowest BCUT2D eigenvalue weighted by molar-refractivity contribution is 0.102. The summed E-state index contributed by atoms with van der Waals surface area (Å²) in [4.78, 5) is 12.9. The predicted octanol–water partition coefficient (Wildman–Crippen LogP) is 3.74. The van der Waals surface area contributed by atoms with E-state index in [1.807, 2.05) is 29.6 Å². The Morgan fingerprint density at radius 3 is 3.05 bits per heavy atom. The molecule has 3 rings (SSSR count). The Kier molecular flexibility index (Phi) is 4.19. The summed E-state index contributed by atoms with van der Waals surface area (Å²) in [6.45, 7) is 1.06. The van der Waals surface area contributed by atoms with Gasteiger partial charge in [0.1, 0.15) is 5.69 Å². The molecule has 0 saturated carbocycles. The molecule has 108 valence electrons. The molecule has 0 amide bonds. The highest BCUT2D eigenvalue weighted by Crippen LogP contribution is 2.29. The van der Waals surface area contributed by atoms with Gasteiger partial charge in [-0.15, -0.1) is 11.3 Å². The number of carbonyl (C=O) groups excluding carboxylic acids is 1. The number of halogens is 1. The second-order valence-electron chi connectivity index (χ2n) is 4.53. The lowest BCUT2D eigenvalue weighted by Gasteiger charge is -2.06. The summed E-state index contributed by atoms with van der Waals surface area (Å²) in [6.07, 6.45) is 1.65. The van der Waals surface area contributed by atoms with E-state index < -0.39 is 0 Å². The van der Waals surface area contributed by atoms with E-state index >= 15 is 0 Å². The van der Waals surface area contributed by atoms with Gasteiger partial charge >= 0.3 is 0 Å². The van der Waals surface area contributed by atoms with Gasteiger partial charge in [-0.2, -0.15) is 5.10 Å². The van der Waals surface area contributed by atoms with Crippen LogP contribution in [0.1, 0.15) is 16.1 Å². The number of hydrogen-bond acceptors (Lipinski definition) is 4. The van der Waals surface area contributed by atoms with Crippen LogP contribution >= 0.6 is 27.3 Å². The van der Waals surface area contributed by atoms with Crippen molar-refractivity contribution in [1.29, 1.82) is 0 Å². The third-order valence-corrected chi connectivity index (χ3v) is 4.79. The van der Waals surface area contributed by atoms with E-state index in [2.05, 4.69) is 21.0 Å². The molecule has 0 aliphatic heterocycles. The van der Waals surface area contributed by atoms with E-state index in [0.29, 0.717) is 23.3 Å². The minimum Gasteiger partial charge on any atom is -0.383 e. The first-order valence-electron chi connectivity index (χ1n) is 6.43. The van der Waals surface area contributed by atoms with Gasteiger partial charge < -0.3 is 4.74 Å². The van der Waals surface area contributed by atoms with Crippen molar-refractivity contribution in [2.75, 3.05) is 13.7 Å². The summed E-state index contributed by atoms with van der Waals surface area (Å²) in [5, 5.41) is 7.13. The molecule has 0 aliphatic rings. The number of rotatable bonds is 5. The Labute approximate surface area is 134 Å². The zero-order valence-corrected chi connectivity index (χ0v) is 13.8. The second kappa shape index (κ2) is 6.09. The lowest BCUT2D eigenvalue weighted by atomic mass is 10.1. The van der Waals surface area contributed by atoms with Crippen molar-refractivity contribution in [3.05, 3.63) is 51.6 Å². The topological polar surface area (TPSA) is 44.1 Å². The number of nitrogens with zero attached hydrogens (tertiary/aromatic N) is 2. The van der Waals surface area contributed by atoms with E-state index in [1.165, 1.54) is 0 Å². The molecule has 2 heterocycles. The fourth-order valence-corrected chi connectivity index (χ4v) is 3.63. The maximum atomic E-state index is 12.9. The van der Waals surface area contributed by atoms with Crippen molar-refractivity contribution in [3.8, 4) is 0 Å².